The largest absolute Gasteiger partial charge is 0.354 e. The van der Waals surface area contributed by atoms with Crippen molar-refractivity contribution in [2.45, 2.75) is 39.7 Å². The van der Waals surface area contributed by atoms with Crippen molar-refractivity contribution in [3.8, 4) is 0 Å². The lowest BCUT2D eigenvalue weighted by Gasteiger charge is -2.32. The van der Waals surface area contributed by atoms with E-state index in [0.29, 0.717) is 6.54 Å². The molecule has 110 valence electrons. The zero-order valence-corrected chi connectivity index (χ0v) is 13.1. The molecule has 0 radical (unpaired) electrons. The maximum absolute atomic E-state index is 12.4. The first kappa shape index (κ1) is 15.0. The van der Waals surface area contributed by atoms with Gasteiger partial charge in [0.1, 0.15) is 0 Å². The van der Waals surface area contributed by atoms with Crippen molar-refractivity contribution >= 4 is 23.2 Å². The highest BCUT2D eigenvalue weighted by molar-refractivity contribution is 7.13. The van der Waals surface area contributed by atoms with Crippen LogP contribution in [-0.4, -0.2) is 35.8 Å². The molecule has 1 aromatic heterocycles. The fraction of sp³-hybridized carbons (Fsp3) is 0.600. The molecule has 2 amide bonds. The van der Waals surface area contributed by atoms with Gasteiger partial charge >= 0.3 is 0 Å². The van der Waals surface area contributed by atoms with Gasteiger partial charge in [0.05, 0.1) is 10.8 Å². The average Bonchev–Trinajstić information content (AvgIpc) is 2.84. The zero-order valence-electron chi connectivity index (χ0n) is 12.3. The second-order valence-corrected chi connectivity index (χ2v) is 6.95. The van der Waals surface area contributed by atoms with E-state index in [0.717, 1.165) is 29.1 Å². The quantitative estimate of drug-likeness (QED) is 0.931. The van der Waals surface area contributed by atoms with Crippen LogP contribution in [0.5, 0.6) is 0 Å². The predicted octanol–water partition coefficient (Wildman–Crippen LogP) is 2.43. The van der Waals surface area contributed by atoms with Crippen LogP contribution in [0.25, 0.3) is 0 Å². The Balaban J connectivity index is 1.99. The Morgan fingerprint density at radius 3 is 2.75 bits per heavy atom. The van der Waals surface area contributed by atoms with Crippen molar-refractivity contribution in [3.63, 3.8) is 0 Å². The summed E-state index contributed by atoms with van der Waals surface area (Å²) in [5.41, 5.74) is 0. The number of hydrogen-bond donors (Lipinski definition) is 1. The minimum atomic E-state index is -0.0730. The van der Waals surface area contributed by atoms with Gasteiger partial charge in [-0.3, -0.25) is 9.59 Å². The van der Waals surface area contributed by atoms with Crippen LogP contribution in [-0.2, 0) is 4.79 Å². The van der Waals surface area contributed by atoms with E-state index in [2.05, 4.69) is 5.32 Å². The fourth-order valence-electron chi connectivity index (χ4n) is 2.48. The molecule has 0 spiro atoms. The van der Waals surface area contributed by atoms with Crippen molar-refractivity contribution < 1.29 is 9.59 Å². The molecule has 0 aromatic carbocycles. The highest BCUT2D eigenvalue weighted by Crippen LogP contribution is 2.22. The van der Waals surface area contributed by atoms with Gasteiger partial charge in [0.25, 0.3) is 5.91 Å². The summed E-state index contributed by atoms with van der Waals surface area (Å²) in [4.78, 5) is 28.2. The molecule has 0 aliphatic carbocycles. The van der Waals surface area contributed by atoms with Crippen LogP contribution in [0.4, 0.5) is 0 Å². The Morgan fingerprint density at radius 1 is 1.40 bits per heavy atom. The molecule has 1 saturated heterocycles. The number of amides is 2. The lowest BCUT2D eigenvalue weighted by molar-refractivity contribution is -0.126. The summed E-state index contributed by atoms with van der Waals surface area (Å²) < 4.78 is 0. The third kappa shape index (κ3) is 3.60. The van der Waals surface area contributed by atoms with Crippen molar-refractivity contribution in [2.75, 3.05) is 13.1 Å². The molecule has 1 atom stereocenters. The number of carbonyl (C=O) groups excluding carboxylic acids is 2. The molecule has 1 unspecified atom stereocenters. The highest BCUT2D eigenvalue weighted by Gasteiger charge is 2.29. The molecule has 1 aliphatic heterocycles. The van der Waals surface area contributed by atoms with Crippen molar-refractivity contribution in [2.24, 2.45) is 5.92 Å². The van der Waals surface area contributed by atoms with Crippen LogP contribution in [0.3, 0.4) is 0 Å². The summed E-state index contributed by atoms with van der Waals surface area (Å²) in [7, 11) is 0. The predicted molar refractivity (Wildman–Crippen MR) is 81.0 cm³/mol. The summed E-state index contributed by atoms with van der Waals surface area (Å²) in [6.45, 7) is 7.20. The molecule has 1 N–H and O–H groups in total. The Hall–Kier alpha value is -1.36. The maximum Gasteiger partial charge on any atom is 0.263 e. The number of nitrogens with one attached hydrogen (secondary N) is 1. The van der Waals surface area contributed by atoms with Crippen LogP contribution in [0.15, 0.2) is 12.1 Å². The van der Waals surface area contributed by atoms with Gasteiger partial charge in [-0.2, -0.15) is 0 Å². The minimum Gasteiger partial charge on any atom is -0.354 e. The number of hydrogen-bond acceptors (Lipinski definition) is 3. The Labute approximate surface area is 124 Å². The van der Waals surface area contributed by atoms with E-state index in [9.17, 15) is 9.59 Å². The number of aryl methyl sites for hydroxylation is 1. The number of thiophene rings is 1. The van der Waals surface area contributed by atoms with E-state index < -0.39 is 0 Å². The third-order valence-corrected chi connectivity index (χ3v) is 4.45. The average molecular weight is 294 g/mol. The molecule has 1 aromatic rings. The van der Waals surface area contributed by atoms with E-state index >= 15 is 0 Å². The topological polar surface area (TPSA) is 49.4 Å². The third-order valence-electron chi connectivity index (χ3n) is 3.46. The van der Waals surface area contributed by atoms with Crippen LogP contribution in [0.1, 0.15) is 41.2 Å². The van der Waals surface area contributed by atoms with E-state index in [-0.39, 0.29) is 23.8 Å². The SMILES string of the molecule is Cc1ccc(C(=O)N2CCCC(C(=O)NC(C)C)C2)s1. The van der Waals surface area contributed by atoms with E-state index in [1.54, 1.807) is 0 Å². The lowest BCUT2D eigenvalue weighted by atomic mass is 9.96. The smallest absolute Gasteiger partial charge is 0.263 e. The first-order chi connectivity index (χ1) is 9.47. The maximum atomic E-state index is 12.4. The van der Waals surface area contributed by atoms with Crippen LogP contribution in [0, 0.1) is 12.8 Å². The van der Waals surface area contributed by atoms with E-state index in [4.69, 9.17) is 0 Å². The van der Waals surface area contributed by atoms with Gasteiger partial charge in [-0.25, -0.2) is 0 Å². The molecule has 2 rings (SSSR count). The zero-order chi connectivity index (χ0) is 14.7. The molecule has 1 fully saturated rings. The number of carbonyl (C=O) groups is 2. The monoisotopic (exact) mass is 294 g/mol. The van der Waals surface area contributed by atoms with Gasteiger partial charge in [0.2, 0.25) is 5.91 Å². The second-order valence-electron chi connectivity index (χ2n) is 5.66. The van der Waals surface area contributed by atoms with Gasteiger partial charge in [0, 0.05) is 24.0 Å². The van der Waals surface area contributed by atoms with Gasteiger partial charge < -0.3 is 10.2 Å². The van der Waals surface area contributed by atoms with E-state index in [1.165, 1.54) is 11.3 Å². The Kier molecular flexibility index (Phi) is 4.81. The molecular formula is C15H22N2O2S. The van der Waals surface area contributed by atoms with Crippen molar-refractivity contribution in [3.05, 3.63) is 21.9 Å². The Bertz CT molecular complexity index is 496. The number of likely N-dealkylation sites (tertiary alicyclic amines) is 1. The highest BCUT2D eigenvalue weighted by atomic mass is 32.1. The van der Waals surface area contributed by atoms with Crippen LogP contribution < -0.4 is 5.32 Å². The van der Waals surface area contributed by atoms with Crippen LogP contribution in [0.2, 0.25) is 0 Å². The number of rotatable bonds is 3. The fourth-order valence-corrected chi connectivity index (χ4v) is 3.32. The summed E-state index contributed by atoms with van der Waals surface area (Å²) in [6, 6.07) is 3.99. The van der Waals surface area contributed by atoms with Gasteiger partial charge in [-0.15, -0.1) is 11.3 Å². The molecular weight excluding hydrogens is 272 g/mol. The van der Waals surface area contributed by atoms with Crippen molar-refractivity contribution in [1.82, 2.24) is 10.2 Å². The summed E-state index contributed by atoms with van der Waals surface area (Å²) in [5.74, 6) is 0.0566. The molecule has 4 nitrogen and oxygen atoms in total. The minimum absolute atomic E-state index is 0.0603. The molecule has 20 heavy (non-hydrogen) atoms. The second kappa shape index (κ2) is 6.39. The first-order valence-corrected chi connectivity index (χ1v) is 7.95. The number of piperidine rings is 1. The van der Waals surface area contributed by atoms with Gasteiger partial charge in [0.15, 0.2) is 0 Å². The molecule has 1 aliphatic rings. The van der Waals surface area contributed by atoms with Crippen molar-refractivity contribution in [1.29, 1.82) is 0 Å². The van der Waals surface area contributed by atoms with Crippen LogP contribution >= 0.6 is 11.3 Å². The summed E-state index contributed by atoms with van der Waals surface area (Å²) in [6.07, 6.45) is 1.76. The van der Waals surface area contributed by atoms with E-state index in [1.807, 2.05) is 37.8 Å². The van der Waals surface area contributed by atoms with Gasteiger partial charge in [-0.1, -0.05) is 0 Å². The Morgan fingerprint density at radius 2 is 2.15 bits per heavy atom. The standard InChI is InChI=1S/C15H22N2O2S/c1-10(2)16-14(18)12-5-4-8-17(9-12)15(19)13-7-6-11(3)20-13/h6-7,10,12H,4-5,8-9H2,1-3H3,(H,16,18). The summed E-state index contributed by atoms with van der Waals surface area (Å²) >= 11 is 1.52. The summed E-state index contributed by atoms with van der Waals surface area (Å²) in [5, 5.41) is 2.94. The lowest BCUT2D eigenvalue weighted by Crippen LogP contribution is -2.46. The normalized spacial score (nSPS) is 19.2. The number of nitrogens with zero attached hydrogens (tertiary/aromatic N) is 1. The molecule has 0 saturated carbocycles. The molecule has 0 bridgehead atoms. The molecule has 2 heterocycles. The van der Waals surface area contributed by atoms with Gasteiger partial charge in [-0.05, 0) is 45.7 Å². The first-order valence-electron chi connectivity index (χ1n) is 7.13. The molecule has 5 heteroatoms.